The third-order valence-corrected chi connectivity index (χ3v) is 1.87. The highest BCUT2D eigenvalue weighted by Gasteiger charge is 2.25. The highest BCUT2D eigenvalue weighted by atomic mass is 16.3. The van der Waals surface area contributed by atoms with Gasteiger partial charge in [0.15, 0.2) is 0 Å². The molecular formula is C9H13NO. The molecule has 0 spiro atoms. The van der Waals surface area contributed by atoms with Crippen molar-refractivity contribution in [1.82, 2.24) is 0 Å². The lowest BCUT2D eigenvalue weighted by Gasteiger charge is -2.22. The van der Waals surface area contributed by atoms with Crippen LogP contribution in [0.2, 0.25) is 0 Å². The third kappa shape index (κ3) is 1.56. The molecule has 0 radical (unpaired) electrons. The van der Waals surface area contributed by atoms with Gasteiger partial charge in [-0.2, -0.15) is 0 Å². The van der Waals surface area contributed by atoms with Crippen molar-refractivity contribution in [3.05, 3.63) is 28.7 Å². The summed E-state index contributed by atoms with van der Waals surface area (Å²) in [6, 6.07) is -0.227. The van der Waals surface area contributed by atoms with E-state index in [0.29, 0.717) is 0 Å². The average Bonchev–Trinajstić information content (AvgIpc) is 2.31. The molecule has 0 aromatic rings. The molecule has 0 amide bonds. The van der Waals surface area contributed by atoms with Crippen molar-refractivity contribution < 1.29 is 0 Å². The molecular weight excluding hydrogens is 138 g/mol. The summed E-state index contributed by atoms with van der Waals surface area (Å²) in [4.78, 5) is 10.3. The first-order valence-electron chi connectivity index (χ1n) is 3.77. The fourth-order valence-electron chi connectivity index (χ4n) is 1.25. The van der Waals surface area contributed by atoms with E-state index in [9.17, 15) is 4.91 Å². The molecule has 0 N–H and O–H groups in total. The monoisotopic (exact) mass is 151 g/mol. The van der Waals surface area contributed by atoms with Gasteiger partial charge in [0.2, 0.25) is 0 Å². The van der Waals surface area contributed by atoms with Crippen molar-refractivity contribution in [1.29, 1.82) is 0 Å². The maximum atomic E-state index is 10.3. The van der Waals surface area contributed by atoms with Crippen LogP contribution in [0.4, 0.5) is 0 Å². The largest absolute Gasteiger partial charge is 0.150 e. The first kappa shape index (κ1) is 8.18. The van der Waals surface area contributed by atoms with Gasteiger partial charge in [0.1, 0.15) is 6.04 Å². The molecule has 60 valence electrons. The summed E-state index contributed by atoms with van der Waals surface area (Å²) in [6.07, 6.45) is 5.70. The minimum absolute atomic E-state index is 0.0576. The summed E-state index contributed by atoms with van der Waals surface area (Å²) in [5, 5.41) is 3.03. The van der Waals surface area contributed by atoms with Gasteiger partial charge < -0.3 is 0 Å². The van der Waals surface area contributed by atoms with E-state index < -0.39 is 0 Å². The van der Waals surface area contributed by atoms with Gasteiger partial charge in [-0.05, 0) is 11.0 Å². The van der Waals surface area contributed by atoms with Gasteiger partial charge in [0.25, 0.3) is 0 Å². The summed E-state index contributed by atoms with van der Waals surface area (Å²) in [6.45, 7) is 6.26. The first-order valence-corrected chi connectivity index (χ1v) is 3.77. The molecule has 1 rings (SSSR count). The molecule has 0 saturated heterocycles. The van der Waals surface area contributed by atoms with E-state index in [4.69, 9.17) is 0 Å². The Hall–Kier alpha value is -0.920. The molecule has 1 aliphatic rings. The molecule has 0 saturated carbocycles. The fourth-order valence-corrected chi connectivity index (χ4v) is 1.25. The molecule has 0 aromatic heterocycles. The van der Waals surface area contributed by atoms with Crippen LogP contribution in [0.3, 0.4) is 0 Å². The van der Waals surface area contributed by atoms with Crippen molar-refractivity contribution in [2.24, 2.45) is 10.6 Å². The Balaban J connectivity index is 2.84. The number of rotatable bonds is 1. The van der Waals surface area contributed by atoms with Gasteiger partial charge in [-0.15, -0.1) is 4.91 Å². The Labute approximate surface area is 67.0 Å². The normalized spacial score (nSPS) is 23.5. The maximum absolute atomic E-state index is 10.3. The highest BCUT2D eigenvalue weighted by Crippen LogP contribution is 2.32. The van der Waals surface area contributed by atoms with Crippen LogP contribution in [-0.4, -0.2) is 6.04 Å². The number of nitrogens with zero attached hydrogens (tertiary/aromatic N) is 1. The Morgan fingerprint density at radius 3 is 2.45 bits per heavy atom. The standard InChI is InChI=1S/C9H13NO/c1-9(2,3)7-5-4-6-8(7)10-11/h4-6,8H,1-3H3. The number of hydrogen-bond acceptors (Lipinski definition) is 2. The van der Waals surface area contributed by atoms with Crippen LogP contribution in [0.1, 0.15) is 20.8 Å². The van der Waals surface area contributed by atoms with Crippen LogP contribution in [0.25, 0.3) is 0 Å². The lowest BCUT2D eigenvalue weighted by molar-refractivity contribution is 0.482. The molecule has 1 aliphatic carbocycles. The van der Waals surface area contributed by atoms with E-state index in [2.05, 4.69) is 25.9 Å². The quantitative estimate of drug-likeness (QED) is 0.530. The predicted molar refractivity (Wildman–Crippen MR) is 46.3 cm³/mol. The molecule has 1 atom stereocenters. The second-order valence-electron chi connectivity index (χ2n) is 3.81. The van der Waals surface area contributed by atoms with Crippen molar-refractivity contribution >= 4 is 0 Å². The summed E-state index contributed by atoms with van der Waals surface area (Å²) in [5.41, 5.74) is 1.16. The van der Waals surface area contributed by atoms with Gasteiger partial charge in [-0.3, -0.25) is 0 Å². The van der Waals surface area contributed by atoms with Crippen molar-refractivity contribution in [3.63, 3.8) is 0 Å². The molecule has 11 heavy (non-hydrogen) atoms. The fraction of sp³-hybridized carbons (Fsp3) is 0.556. The number of hydrogen-bond donors (Lipinski definition) is 0. The number of nitroso groups, excluding NO2 is 1. The van der Waals surface area contributed by atoms with Crippen LogP contribution in [-0.2, 0) is 0 Å². The molecule has 1 unspecified atom stereocenters. The summed E-state index contributed by atoms with van der Waals surface area (Å²) in [5.74, 6) is 0. The Morgan fingerprint density at radius 1 is 1.45 bits per heavy atom. The highest BCUT2D eigenvalue weighted by molar-refractivity contribution is 5.34. The molecule has 0 aromatic carbocycles. The van der Waals surface area contributed by atoms with Gasteiger partial charge in [-0.25, -0.2) is 0 Å². The zero-order valence-corrected chi connectivity index (χ0v) is 7.16. The van der Waals surface area contributed by atoms with Crippen LogP contribution in [0.15, 0.2) is 29.0 Å². The van der Waals surface area contributed by atoms with E-state index in [0.717, 1.165) is 5.57 Å². The molecule has 2 nitrogen and oxygen atoms in total. The zero-order valence-electron chi connectivity index (χ0n) is 7.16. The molecule has 0 bridgehead atoms. The lowest BCUT2D eigenvalue weighted by Crippen LogP contribution is -2.16. The zero-order chi connectivity index (χ0) is 8.48. The average molecular weight is 151 g/mol. The predicted octanol–water partition coefficient (Wildman–Crippen LogP) is 2.66. The summed E-state index contributed by atoms with van der Waals surface area (Å²) < 4.78 is 0. The second kappa shape index (κ2) is 2.61. The summed E-state index contributed by atoms with van der Waals surface area (Å²) >= 11 is 0. The second-order valence-corrected chi connectivity index (χ2v) is 3.81. The molecule has 0 heterocycles. The molecule has 0 fully saturated rings. The van der Waals surface area contributed by atoms with E-state index in [-0.39, 0.29) is 11.5 Å². The Kier molecular flexibility index (Phi) is 1.94. The van der Waals surface area contributed by atoms with Crippen LogP contribution in [0.5, 0.6) is 0 Å². The van der Waals surface area contributed by atoms with Crippen LogP contribution < -0.4 is 0 Å². The van der Waals surface area contributed by atoms with Crippen LogP contribution >= 0.6 is 0 Å². The van der Waals surface area contributed by atoms with E-state index in [1.807, 2.05) is 18.2 Å². The van der Waals surface area contributed by atoms with E-state index in [1.54, 1.807) is 0 Å². The van der Waals surface area contributed by atoms with Gasteiger partial charge in [0.05, 0.1) is 0 Å². The van der Waals surface area contributed by atoms with E-state index in [1.165, 1.54) is 0 Å². The van der Waals surface area contributed by atoms with Gasteiger partial charge in [0, 0.05) is 0 Å². The summed E-state index contributed by atoms with van der Waals surface area (Å²) in [7, 11) is 0. The third-order valence-electron chi connectivity index (χ3n) is 1.87. The minimum atomic E-state index is -0.227. The number of allylic oxidation sites excluding steroid dienone is 2. The SMILES string of the molecule is CC(C)(C)C1=CC=CC1N=O. The maximum Gasteiger partial charge on any atom is 0.132 e. The first-order chi connectivity index (χ1) is 5.05. The van der Waals surface area contributed by atoms with Gasteiger partial charge in [-0.1, -0.05) is 44.2 Å². The van der Waals surface area contributed by atoms with Crippen molar-refractivity contribution in [2.75, 3.05) is 0 Å². The van der Waals surface area contributed by atoms with Gasteiger partial charge >= 0.3 is 0 Å². The Morgan fingerprint density at radius 2 is 2.09 bits per heavy atom. The molecule has 2 heteroatoms. The lowest BCUT2D eigenvalue weighted by atomic mass is 9.84. The molecule has 0 aliphatic heterocycles. The van der Waals surface area contributed by atoms with Crippen LogP contribution in [0, 0.1) is 10.3 Å². The van der Waals surface area contributed by atoms with Crippen molar-refractivity contribution in [2.45, 2.75) is 26.8 Å². The van der Waals surface area contributed by atoms with E-state index >= 15 is 0 Å². The minimum Gasteiger partial charge on any atom is -0.150 e. The topological polar surface area (TPSA) is 29.4 Å². The van der Waals surface area contributed by atoms with Crippen molar-refractivity contribution in [3.8, 4) is 0 Å². The smallest absolute Gasteiger partial charge is 0.132 e. The Bertz CT molecular complexity index is 220.